The van der Waals surface area contributed by atoms with Crippen molar-refractivity contribution < 1.29 is 19.4 Å². The van der Waals surface area contributed by atoms with E-state index < -0.39 is 17.6 Å². The third-order valence-corrected chi connectivity index (χ3v) is 4.68. The van der Waals surface area contributed by atoms with E-state index >= 15 is 0 Å². The summed E-state index contributed by atoms with van der Waals surface area (Å²) in [6.45, 7) is 1.60. The van der Waals surface area contributed by atoms with Gasteiger partial charge in [0.1, 0.15) is 6.04 Å². The standard InChI is InChI=1S/C14H11NO5S2/c1-7(13(17)18)15-12(16)5-11(22-14(15)21)8-2-3-9-10(4-8)20-6-19-9/h2-5,7H,6H2,1H3,(H,17,18). The Hall–Kier alpha value is -2.19. The van der Waals surface area contributed by atoms with Crippen molar-refractivity contribution in [2.45, 2.75) is 13.0 Å². The number of carboxylic acids is 1. The summed E-state index contributed by atoms with van der Waals surface area (Å²) in [6.07, 6.45) is 0. The van der Waals surface area contributed by atoms with Crippen molar-refractivity contribution in [3.63, 3.8) is 0 Å². The van der Waals surface area contributed by atoms with Crippen LogP contribution in [0.3, 0.4) is 0 Å². The number of ether oxygens (including phenoxy) is 2. The molecule has 1 N–H and O–H groups in total. The monoisotopic (exact) mass is 337 g/mol. The van der Waals surface area contributed by atoms with Crippen molar-refractivity contribution in [3.8, 4) is 21.9 Å². The molecule has 0 bridgehead atoms. The molecule has 114 valence electrons. The summed E-state index contributed by atoms with van der Waals surface area (Å²) < 4.78 is 11.9. The van der Waals surface area contributed by atoms with Crippen LogP contribution in [0.2, 0.25) is 0 Å². The average Bonchev–Trinajstić information content (AvgIpc) is 2.93. The number of nitrogens with zero attached hydrogens (tertiary/aromatic N) is 1. The predicted molar refractivity (Wildman–Crippen MR) is 83.3 cm³/mol. The van der Waals surface area contributed by atoms with Crippen LogP contribution in [-0.2, 0) is 4.79 Å². The highest BCUT2D eigenvalue weighted by molar-refractivity contribution is 7.73. The van der Waals surface area contributed by atoms with Crippen LogP contribution in [0.25, 0.3) is 10.4 Å². The summed E-state index contributed by atoms with van der Waals surface area (Å²) in [4.78, 5) is 23.9. The number of carbonyl (C=O) groups is 1. The van der Waals surface area contributed by atoms with E-state index in [0.717, 1.165) is 10.1 Å². The summed E-state index contributed by atoms with van der Waals surface area (Å²) in [7, 11) is 0. The molecule has 8 heteroatoms. The van der Waals surface area contributed by atoms with Crippen molar-refractivity contribution >= 4 is 29.5 Å². The zero-order valence-corrected chi connectivity index (χ0v) is 13.1. The van der Waals surface area contributed by atoms with Gasteiger partial charge in [-0.05, 0) is 42.9 Å². The molecule has 1 atom stereocenters. The van der Waals surface area contributed by atoms with Gasteiger partial charge in [0.15, 0.2) is 15.5 Å². The van der Waals surface area contributed by atoms with Gasteiger partial charge < -0.3 is 14.6 Å². The quantitative estimate of drug-likeness (QED) is 0.868. The molecule has 0 amide bonds. The first-order chi connectivity index (χ1) is 10.5. The first kappa shape index (κ1) is 14.7. The van der Waals surface area contributed by atoms with Gasteiger partial charge >= 0.3 is 5.97 Å². The number of hydrogen-bond donors (Lipinski definition) is 1. The number of fused-ring (bicyclic) bond motifs is 1. The summed E-state index contributed by atoms with van der Waals surface area (Å²) in [5.41, 5.74) is 0.332. The molecule has 1 aromatic carbocycles. The maximum Gasteiger partial charge on any atom is 0.326 e. The van der Waals surface area contributed by atoms with Crippen molar-refractivity contribution in [2.75, 3.05) is 6.79 Å². The van der Waals surface area contributed by atoms with E-state index in [1.165, 1.54) is 24.3 Å². The normalized spacial score (nSPS) is 13.9. The first-order valence-electron chi connectivity index (χ1n) is 6.37. The van der Waals surface area contributed by atoms with Crippen molar-refractivity contribution in [3.05, 3.63) is 38.6 Å². The maximum atomic E-state index is 12.2. The topological polar surface area (TPSA) is 77.8 Å². The molecule has 3 rings (SSSR count). The largest absolute Gasteiger partial charge is 0.480 e. The van der Waals surface area contributed by atoms with Gasteiger partial charge in [-0.15, -0.1) is 11.3 Å². The third-order valence-electron chi connectivity index (χ3n) is 3.29. The number of rotatable bonds is 3. The molecule has 1 aromatic heterocycles. The number of hydrogen-bond acceptors (Lipinski definition) is 6. The van der Waals surface area contributed by atoms with Gasteiger partial charge in [0, 0.05) is 10.9 Å². The fourth-order valence-electron chi connectivity index (χ4n) is 2.10. The molecule has 0 aliphatic carbocycles. The van der Waals surface area contributed by atoms with Crippen molar-refractivity contribution in [1.29, 1.82) is 0 Å². The minimum absolute atomic E-state index is 0.173. The highest BCUT2D eigenvalue weighted by Crippen LogP contribution is 2.36. The fraction of sp³-hybridized carbons (Fsp3) is 0.214. The van der Waals surface area contributed by atoms with Gasteiger partial charge in [-0.1, -0.05) is 0 Å². The van der Waals surface area contributed by atoms with Crippen molar-refractivity contribution in [1.82, 2.24) is 4.57 Å². The second kappa shape index (κ2) is 5.54. The van der Waals surface area contributed by atoms with Crippen LogP contribution in [0.15, 0.2) is 29.1 Å². The molecule has 2 aromatic rings. The molecule has 1 aliphatic heterocycles. The molecule has 22 heavy (non-hydrogen) atoms. The lowest BCUT2D eigenvalue weighted by atomic mass is 10.1. The third kappa shape index (κ3) is 2.51. The molecule has 0 fully saturated rings. The second-order valence-corrected chi connectivity index (χ2v) is 6.34. The summed E-state index contributed by atoms with van der Waals surface area (Å²) in [6, 6.07) is 5.73. The van der Waals surface area contributed by atoms with E-state index in [-0.39, 0.29) is 10.7 Å². The van der Waals surface area contributed by atoms with E-state index in [1.54, 1.807) is 18.2 Å². The van der Waals surface area contributed by atoms with Crippen LogP contribution >= 0.6 is 23.6 Å². The molecule has 0 spiro atoms. The van der Waals surface area contributed by atoms with Gasteiger partial charge in [0.05, 0.1) is 0 Å². The predicted octanol–water partition coefficient (Wildman–Crippen LogP) is 2.68. The number of aliphatic carboxylic acids is 1. The SMILES string of the molecule is CC(C(=O)O)n1c(=O)cc(-c2ccc3c(c2)OCO3)sc1=S. The molecule has 1 unspecified atom stereocenters. The van der Waals surface area contributed by atoms with Crippen LogP contribution in [0.4, 0.5) is 0 Å². The molecule has 1 aliphatic rings. The zero-order valence-electron chi connectivity index (χ0n) is 11.4. The van der Waals surface area contributed by atoms with Crippen LogP contribution in [-0.4, -0.2) is 22.4 Å². The molecule has 0 saturated heterocycles. The van der Waals surface area contributed by atoms with Crippen LogP contribution in [0, 0.1) is 3.95 Å². The highest BCUT2D eigenvalue weighted by Gasteiger charge is 2.18. The minimum atomic E-state index is -1.10. The molecule has 2 heterocycles. The van der Waals surface area contributed by atoms with E-state index in [0.29, 0.717) is 16.4 Å². The Balaban J connectivity index is 2.09. The van der Waals surface area contributed by atoms with E-state index in [9.17, 15) is 9.59 Å². The summed E-state index contributed by atoms with van der Waals surface area (Å²) in [5, 5.41) is 9.04. The Morgan fingerprint density at radius 3 is 2.77 bits per heavy atom. The van der Waals surface area contributed by atoms with E-state index in [1.807, 2.05) is 0 Å². The fourth-order valence-corrected chi connectivity index (χ4v) is 3.55. The second-order valence-electron chi connectivity index (χ2n) is 4.67. The number of benzene rings is 1. The molecule has 6 nitrogen and oxygen atoms in total. The van der Waals surface area contributed by atoms with Crippen LogP contribution in [0.5, 0.6) is 11.5 Å². The Kier molecular flexibility index (Phi) is 3.71. The average molecular weight is 337 g/mol. The summed E-state index contributed by atoms with van der Waals surface area (Å²) >= 11 is 6.36. The summed E-state index contributed by atoms with van der Waals surface area (Å²) in [5.74, 6) is 0.162. The Morgan fingerprint density at radius 1 is 1.36 bits per heavy atom. The number of carboxylic acid groups (broad SMARTS) is 1. The van der Waals surface area contributed by atoms with E-state index in [2.05, 4.69) is 0 Å². The van der Waals surface area contributed by atoms with Gasteiger partial charge in [-0.2, -0.15) is 0 Å². The van der Waals surface area contributed by atoms with Crippen LogP contribution in [0.1, 0.15) is 13.0 Å². The lowest BCUT2D eigenvalue weighted by Gasteiger charge is -2.11. The highest BCUT2D eigenvalue weighted by atomic mass is 32.1. The van der Waals surface area contributed by atoms with Crippen molar-refractivity contribution in [2.24, 2.45) is 0 Å². The van der Waals surface area contributed by atoms with Gasteiger partial charge in [0.2, 0.25) is 6.79 Å². The van der Waals surface area contributed by atoms with Crippen LogP contribution < -0.4 is 15.0 Å². The lowest BCUT2D eigenvalue weighted by molar-refractivity contribution is -0.140. The minimum Gasteiger partial charge on any atom is -0.480 e. The smallest absolute Gasteiger partial charge is 0.326 e. The van der Waals surface area contributed by atoms with E-state index in [4.69, 9.17) is 26.8 Å². The Bertz CT molecular complexity index is 839. The molecule has 0 saturated carbocycles. The van der Waals surface area contributed by atoms with Gasteiger partial charge in [-0.25, -0.2) is 4.79 Å². The lowest BCUT2D eigenvalue weighted by Crippen LogP contribution is -2.27. The van der Waals surface area contributed by atoms with Gasteiger partial charge in [-0.3, -0.25) is 9.36 Å². The Labute approximate surface area is 134 Å². The Morgan fingerprint density at radius 2 is 2.09 bits per heavy atom. The number of aromatic nitrogens is 1. The zero-order chi connectivity index (χ0) is 15.9. The van der Waals surface area contributed by atoms with Gasteiger partial charge in [0.25, 0.3) is 5.56 Å². The first-order valence-corrected chi connectivity index (χ1v) is 7.59. The molecule has 0 radical (unpaired) electrons. The maximum absolute atomic E-state index is 12.2. The molecular formula is C14H11NO5S2. The molecular weight excluding hydrogens is 326 g/mol.